The zero-order chi connectivity index (χ0) is 17.3. The highest BCUT2D eigenvalue weighted by Crippen LogP contribution is 2.30. The predicted octanol–water partition coefficient (Wildman–Crippen LogP) is 2.71. The minimum Gasteiger partial charge on any atom is -0.492 e. The molecule has 0 aliphatic carbocycles. The highest BCUT2D eigenvalue weighted by molar-refractivity contribution is 7.92. The molecule has 0 spiro atoms. The number of benzene rings is 2. The van der Waals surface area contributed by atoms with E-state index in [2.05, 4.69) is 14.7 Å². The molecule has 3 N–H and O–H groups in total. The minimum atomic E-state index is -3.96. The molecule has 0 atom stereocenters. The second-order valence-corrected chi connectivity index (χ2v) is 7.00. The smallest absolute Gasteiger partial charge is 0.323 e. The number of imidazole rings is 1. The number of hydrogen-bond acceptors (Lipinski definition) is 4. The van der Waals surface area contributed by atoms with Crippen molar-refractivity contribution >= 4 is 38.3 Å². The van der Waals surface area contributed by atoms with Crippen molar-refractivity contribution in [3.8, 4) is 5.75 Å². The van der Waals surface area contributed by atoms with Crippen LogP contribution in [0.15, 0.2) is 46.1 Å². The fraction of sp³-hybridized carbons (Fsp3) is 0.133. The van der Waals surface area contributed by atoms with Crippen molar-refractivity contribution in [3.63, 3.8) is 0 Å². The Morgan fingerprint density at radius 1 is 1.17 bits per heavy atom. The van der Waals surface area contributed by atoms with Crippen molar-refractivity contribution in [2.24, 2.45) is 0 Å². The molecule has 1 aromatic heterocycles. The number of anilines is 1. The Hall–Kier alpha value is -2.45. The number of sulfonamides is 1. The summed E-state index contributed by atoms with van der Waals surface area (Å²) in [6, 6.07) is 9.38. The van der Waals surface area contributed by atoms with Crippen LogP contribution in [0, 0.1) is 0 Å². The lowest BCUT2D eigenvalue weighted by molar-refractivity contribution is 0.342. The molecular formula is C15H14ClN3O4S. The van der Waals surface area contributed by atoms with Gasteiger partial charge in [-0.2, -0.15) is 0 Å². The quantitative estimate of drug-likeness (QED) is 0.644. The standard InChI is InChI=1S/C15H14ClN3O4S/c1-2-23-13-6-4-3-5-10(13)19-24(21,22)14-8-12-11(7-9(14)16)17-15(20)18-12/h3-8,19H,2H2,1H3,(H2,17,18,20). The van der Waals surface area contributed by atoms with Gasteiger partial charge in [-0.3, -0.25) is 4.72 Å². The molecule has 0 amide bonds. The lowest BCUT2D eigenvalue weighted by Gasteiger charge is -2.13. The van der Waals surface area contributed by atoms with E-state index in [4.69, 9.17) is 16.3 Å². The summed E-state index contributed by atoms with van der Waals surface area (Å²) in [7, 11) is -3.96. The molecule has 0 aliphatic rings. The van der Waals surface area contributed by atoms with Crippen molar-refractivity contribution in [1.29, 1.82) is 0 Å². The third kappa shape index (κ3) is 3.10. The van der Waals surface area contributed by atoms with Crippen molar-refractivity contribution in [2.45, 2.75) is 11.8 Å². The average Bonchev–Trinajstić information content (AvgIpc) is 2.87. The predicted molar refractivity (Wildman–Crippen MR) is 92.3 cm³/mol. The number of nitrogens with one attached hydrogen (secondary N) is 3. The molecule has 0 fully saturated rings. The molecule has 0 saturated heterocycles. The Labute approximate surface area is 142 Å². The van der Waals surface area contributed by atoms with E-state index in [9.17, 15) is 13.2 Å². The Morgan fingerprint density at radius 3 is 2.54 bits per heavy atom. The molecule has 126 valence electrons. The maximum Gasteiger partial charge on any atom is 0.323 e. The van der Waals surface area contributed by atoms with Crippen LogP contribution in [-0.2, 0) is 10.0 Å². The molecule has 0 aliphatic heterocycles. The fourth-order valence-electron chi connectivity index (χ4n) is 2.27. The van der Waals surface area contributed by atoms with E-state index >= 15 is 0 Å². The van der Waals surface area contributed by atoms with Gasteiger partial charge in [-0.05, 0) is 31.2 Å². The maximum atomic E-state index is 12.7. The van der Waals surface area contributed by atoms with Crippen LogP contribution >= 0.6 is 11.6 Å². The minimum absolute atomic E-state index is 0.000795. The third-order valence-corrected chi connectivity index (χ3v) is 5.12. The molecule has 3 rings (SSSR count). The highest BCUT2D eigenvalue weighted by atomic mass is 35.5. The SMILES string of the molecule is CCOc1ccccc1NS(=O)(=O)c1cc2[nH]c(=O)[nH]c2cc1Cl. The Morgan fingerprint density at radius 2 is 1.83 bits per heavy atom. The van der Waals surface area contributed by atoms with Gasteiger partial charge in [0, 0.05) is 0 Å². The van der Waals surface area contributed by atoms with Crippen LogP contribution in [0.4, 0.5) is 5.69 Å². The summed E-state index contributed by atoms with van der Waals surface area (Å²) in [5, 5.41) is -0.000795. The molecule has 0 saturated carbocycles. The third-order valence-electron chi connectivity index (χ3n) is 3.29. The number of ether oxygens (including phenoxy) is 1. The molecule has 1 heterocycles. The Balaban J connectivity index is 2.05. The second-order valence-electron chi connectivity index (χ2n) is 4.94. The first-order chi connectivity index (χ1) is 11.4. The highest BCUT2D eigenvalue weighted by Gasteiger charge is 2.21. The van der Waals surface area contributed by atoms with Gasteiger partial charge in [0.2, 0.25) is 0 Å². The number of aromatic nitrogens is 2. The lowest BCUT2D eigenvalue weighted by atomic mass is 10.3. The number of halogens is 1. The van der Waals surface area contributed by atoms with E-state index < -0.39 is 15.7 Å². The van der Waals surface area contributed by atoms with Gasteiger partial charge in [0.15, 0.2) is 0 Å². The summed E-state index contributed by atoms with van der Waals surface area (Å²) in [5.41, 5.74) is 0.643. The van der Waals surface area contributed by atoms with Crippen molar-refractivity contribution in [2.75, 3.05) is 11.3 Å². The molecule has 0 radical (unpaired) electrons. The van der Waals surface area contributed by atoms with Crippen LogP contribution in [0.1, 0.15) is 6.92 Å². The first-order valence-corrected chi connectivity index (χ1v) is 8.93. The Bertz CT molecular complexity index is 1060. The summed E-state index contributed by atoms with van der Waals surface area (Å²) in [5.74, 6) is 0.413. The van der Waals surface area contributed by atoms with Gasteiger partial charge < -0.3 is 14.7 Å². The fourth-order valence-corrected chi connectivity index (χ4v) is 3.90. The van der Waals surface area contributed by atoms with Gasteiger partial charge in [-0.25, -0.2) is 13.2 Å². The monoisotopic (exact) mass is 367 g/mol. The number of rotatable bonds is 5. The molecule has 24 heavy (non-hydrogen) atoms. The number of fused-ring (bicyclic) bond motifs is 1. The van der Waals surface area contributed by atoms with Crippen LogP contribution in [0.2, 0.25) is 5.02 Å². The lowest BCUT2D eigenvalue weighted by Crippen LogP contribution is -2.14. The normalized spacial score (nSPS) is 11.6. The molecule has 9 heteroatoms. The number of hydrogen-bond donors (Lipinski definition) is 3. The zero-order valence-corrected chi connectivity index (χ0v) is 14.2. The first-order valence-electron chi connectivity index (χ1n) is 7.07. The van der Waals surface area contributed by atoms with E-state index in [0.717, 1.165) is 0 Å². The summed E-state index contributed by atoms with van der Waals surface area (Å²) >= 11 is 6.08. The largest absolute Gasteiger partial charge is 0.492 e. The van der Waals surface area contributed by atoms with Gasteiger partial charge in [-0.1, -0.05) is 23.7 Å². The van der Waals surface area contributed by atoms with E-state index in [1.807, 2.05) is 0 Å². The van der Waals surface area contributed by atoms with E-state index in [1.54, 1.807) is 31.2 Å². The second kappa shape index (κ2) is 6.21. The van der Waals surface area contributed by atoms with Gasteiger partial charge >= 0.3 is 5.69 Å². The molecule has 3 aromatic rings. The van der Waals surface area contributed by atoms with E-state index in [0.29, 0.717) is 29.1 Å². The van der Waals surface area contributed by atoms with Gasteiger partial charge in [0.1, 0.15) is 10.6 Å². The molecule has 7 nitrogen and oxygen atoms in total. The van der Waals surface area contributed by atoms with Gasteiger partial charge in [0.25, 0.3) is 10.0 Å². The first kappa shape index (κ1) is 16.4. The van der Waals surface area contributed by atoms with Crippen molar-refractivity contribution < 1.29 is 13.2 Å². The number of H-pyrrole nitrogens is 2. The number of para-hydroxylation sites is 2. The van der Waals surface area contributed by atoms with Crippen LogP contribution in [0.5, 0.6) is 5.75 Å². The Kier molecular flexibility index (Phi) is 4.25. The van der Waals surface area contributed by atoms with Crippen LogP contribution in [0.25, 0.3) is 11.0 Å². The maximum absolute atomic E-state index is 12.7. The molecule has 2 aromatic carbocycles. The van der Waals surface area contributed by atoms with Crippen LogP contribution in [-0.4, -0.2) is 25.0 Å². The average molecular weight is 368 g/mol. The summed E-state index contributed by atoms with van der Waals surface area (Å²) in [6.07, 6.45) is 0. The molecule has 0 bridgehead atoms. The summed E-state index contributed by atoms with van der Waals surface area (Å²) in [4.78, 5) is 16.2. The van der Waals surface area contributed by atoms with Crippen molar-refractivity contribution in [3.05, 3.63) is 51.9 Å². The zero-order valence-electron chi connectivity index (χ0n) is 12.6. The van der Waals surface area contributed by atoms with Gasteiger partial charge in [0.05, 0.1) is 28.4 Å². The van der Waals surface area contributed by atoms with Crippen LogP contribution in [0.3, 0.4) is 0 Å². The summed E-state index contributed by atoms with van der Waals surface area (Å²) in [6.45, 7) is 2.20. The summed E-state index contributed by atoms with van der Waals surface area (Å²) < 4.78 is 33.2. The topological polar surface area (TPSA) is 104 Å². The molecule has 0 unspecified atom stereocenters. The van der Waals surface area contributed by atoms with E-state index in [-0.39, 0.29) is 9.92 Å². The van der Waals surface area contributed by atoms with Gasteiger partial charge in [-0.15, -0.1) is 0 Å². The van der Waals surface area contributed by atoms with Crippen molar-refractivity contribution in [1.82, 2.24) is 9.97 Å². The molecular weight excluding hydrogens is 354 g/mol. The van der Waals surface area contributed by atoms with E-state index in [1.165, 1.54) is 12.1 Å². The van der Waals surface area contributed by atoms with Crippen LogP contribution < -0.4 is 15.1 Å². The number of aromatic amines is 2.